The molecule has 0 unspecified atom stereocenters. The van der Waals surface area contributed by atoms with Gasteiger partial charge in [-0.25, -0.2) is 4.79 Å². The summed E-state index contributed by atoms with van der Waals surface area (Å²) in [6.07, 6.45) is -4.86. The molecule has 340 valence electrons. The number of halogens is 3. The Morgan fingerprint density at radius 2 is 1.28 bits per heavy atom. The maximum absolute atomic E-state index is 13.5. The van der Waals surface area contributed by atoms with Gasteiger partial charge in [-0.15, -0.1) is 30.7 Å². The lowest BCUT2D eigenvalue weighted by molar-refractivity contribution is -0.137. The Bertz CT molecular complexity index is 3160. The number of nitrogens with zero attached hydrogens (tertiary/aromatic N) is 8. The number of alkyl halides is 3. The first kappa shape index (κ1) is 47.1. The summed E-state index contributed by atoms with van der Waals surface area (Å²) >= 11 is 0. The molecule has 0 aliphatic carbocycles. The van der Waals surface area contributed by atoms with Crippen molar-refractivity contribution in [1.82, 2.24) is 9.78 Å². The molecular weight excluding hydrogens is 914 g/mol. The zero-order valence-electron chi connectivity index (χ0n) is 32.9. The smallest absolute Gasteiger partial charge is 0.418 e. The Balaban J connectivity index is 1.44. The van der Waals surface area contributed by atoms with Crippen molar-refractivity contribution in [2.24, 2.45) is 30.7 Å². The van der Waals surface area contributed by atoms with Gasteiger partial charge in [0.15, 0.2) is 11.4 Å². The molecule has 0 saturated carbocycles. The van der Waals surface area contributed by atoms with Crippen molar-refractivity contribution >= 4 is 71.1 Å². The van der Waals surface area contributed by atoms with Gasteiger partial charge in [-0.05, 0) is 66.4 Å². The number of benzene rings is 5. The zero-order valence-corrected chi connectivity index (χ0v) is 34.5. The van der Waals surface area contributed by atoms with Gasteiger partial charge in [0, 0.05) is 17.5 Å². The average molecular weight is 945 g/mol. The van der Waals surface area contributed by atoms with Crippen LogP contribution in [0, 0.1) is 6.92 Å². The topological polar surface area (TPSA) is 337 Å². The molecule has 5 aromatic carbocycles. The summed E-state index contributed by atoms with van der Waals surface area (Å²) in [6.45, 7) is -0.185. The number of fused-ring (bicyclic) bond motifs is 1. The van der Waals surface area contributed by atoms with Gasteiger partial charge < -0.3 is 35.0 Å². The van der Waals surface area contributed by atoms with E-state index in [1.54, 1.807) is 6.92 Å². The Kier molecular flexibility index (Phi) is 13.6. The number of phenolic OH excluding ortho intramolecular Hbond substituents is 1. The number of rotatable bonds is 16. The number of ether oxygens (including phenoxy) is 2. The lowest BCUT2D eigenvalue weighted by Crippen LogP contribution is -2.04. The number of hydrogen-bond acceptors (Lipinski definition) is 18. The normalized spacial score (nSPS) is 12.6. The lowest BCUT2D eigenvalue weighted by Gasteiger charge is -2.13. The number of aliphatic hydroxyl groups excluding tert-OH is 2. The highest BCUT2D eigenvalue weighted by Gasteiger charge is 2.34. The predicted octanol–water partition coefficient (Wildman–Crippen LogP) is 7.94. The minimum absolute atomic E-state index is 0.163. The fourth-order valence-corrected chi connectivity index (χ4v) is 7.21. The molecule has 27 heteroatoms. The number of aromatic carboxylic acids is 1. The van der Waals surface area contributed by atoms with E-state index in [1.165, 1.54) is 18.2 Å². The predicted molar refractivity (Wildman–Crippen MR) is 218 cm³/mol. The third-order valence-corrected chi connectivity index (χ3v) is 10.5. The zero-order chi connectivity index (χ0) is 47.4. The first-order valence-corrected chi connectivity index (χ1v) is 21.0. The van der Waals surface area contributed by atoms with Gasteiger partial charge in [0.2, 0.25) is 11.6 Å². The first-order valence-electron chi connectivity index (χ1n) is 18.1. The fraction of sp³-hybridized carbons (Fsp3) is 0.158. The minimum Gasteiger partial charge on any atom is -0.505 e. The van der Waals surface area contributed by atoms with Gasteiger partial charge in [0.25, 0.3) is 20.2 Å². The largest absolute Gasteiger partial charge is 0.505 e. The van der Waals surface area contributed by atoms with E-state index in [0.717, 1.165) is 54.6 Å². The van der Waals surface area contributed by atoms with Crippen LogP contribution in [0.4, 0.5) is 47.3 Å². The molecule has 0 saturated heterocycles. The van der Waals surface area contributed by atoms with E-state index in [2.05, 4.69) is 35.8 Å². The van der Waals surface area contributed by atoms with Crippen LogP contribution in [0.5, 0.6) is 23.1 Å². The SMILES string of the molecule is Cc1ccc(N=Nc2cc(OCCO)c(N=Nc3c(S(=O)(=O)O)cc4cc(-n5nc(C(=O)O)c(N=Nc6ccccc6C(F)(F)F)c5O)ccc4c3O)cc2OCCO)c(S(=O)(=O)O)c1. The van der Waals surface area contributed by atoms with E-state index in [-0.39, 0.29) is 58.2 Å². The molecule has 0 aliphatic heterocycles. The first-order chi connectivity index (χ1) is 30.6. The van der Waals surface area contributed by atoms with Crippen LogP contribution in [0.15, 0.2) is 119 Å². The number of aromatic hydroxyl groups is 2. The fourth-order valence-electron chi connectivity index (χ4n) is 5.84. The second kappa shape index (κ2) is 18.7. The molecule has 0 bridgehead atoms. The highest BCUT2D eigenvalue weighted by Crippen LogP contribution is 2.46. The second-order valence-corrected chi connectivity index (χ2v) is 16.0. The molecular formula is C38H31F3N8O14S2. The summed E-state index contributed by atoms with van der Waals surface area (Å²) in [5.74, 6) is -4.11. The summed E-state index contributed by atoms with van der Waals surface area (Å²) in [5.41, 5.74) is -5.03. The quantitative estimate of drug-likeness (QED) is 0.0357. The molecule has 0 fully saturated rings. The number of aromatic nitrogens is 2. The summed E-state index contributed by atoms with van der Waals surface area (Å²) in [7, 11) is -10.0. The number of carbonyl (C=O) groups is 1. The number of azo groups is 3. The number of phenols is 1. The van der Waals surface area contributed by atoms with Crippen molar-refractivity contribution < 1.29 is 78.9 Å². The molecule has 0 spiro atoms. The standard InChI is InChI=1S/C38H31F3N8O14S2/c1-19-6-9-25(30(14-19)64(56,57)58)43-44-26-17-29(63-13-11-51)27(18-28(26)62-12-10-50)45-46-32-31(65(59,60)61)16-20-15-21(7-8-22(20)35(32)52)49-36(53)33(34(48-49)37(54)55)47-42-24-5-3-2-4-23(24)38(39,40)41/h2-9,14-18,50-53H,10-13H2,1H3,(H,54,55)(H,56,57,58)(H,59,60,61). The second-order valence-electron chi connectivity index (χ2n) is 13.2. The molecule has 0 atom stereocenters. The van der Waals surface area contributed by atoms with Crippen LogP contribution in [0.1, 0.15) is 21.6 Å². The molecule has 22 nitrogen and oxygen atoms in total. The van der Waals surface area contributed by atoms with Crippen molar-refractivity contribution in [3.63, 3.8) is 0 Å². The lowest BCUT2D eigenvalue weighted by atomic mass is 10.1. The Morgan fingerprint density at radius 1 is 0.708 bits per heavy atom. The van der Waals surface area contributed by atoms with E-state index in [9.17, 15) is 69.4 Å². The van der Waals surface area contributed by atoms with Crippen LogP contribution in [-0.2, 0) is 26.4 Å². The van der Waals surface area contributed by atoms with Crippen LogP contribution in [0.25, 0.3) is 16.5 Å². The van der Waals surface area contributed by atoms with Crippen LogP contribution >= 0.6 is 0 Å². The van der Waals surface area contributed by atoms with Gasteiger partial charge in [0.05, 0.1) is 30.2 Å². The van der Waals surface area contributed by atoms with Crippen molar-refractivity contribution in [1.29, 1.82) is 0 Å². The summed E-state index contributed by atoms with van der Waals surface area (Å²) in [4.78, 5) is 10.5. The van der Waals surface area contributed by atoms with Gasteiger partial charge in [-0.1, -0.05) is 18.2 Å². The van der Waals surface area contributed by atoms with E-state index in [1.807, 2.05) is 0 Å². The van der Waals surface area contributed by atoms with Crippen molar-refractivity contribution in [2.75, 3.05) is 26.4 Å². The maximum atomic E-state index is 13.5. The number of carboxylic acid groups (broad SMARTS) is 1. The number of carboxylic acids is 1. The molecule has 65 heavy (non-hydrogen) atoms. The third kappa shape index (κ3) is 10.5. The Labute approximate surface area is 363 Å². The minimum atomic E-state index is -5.28. The highest BCUT2D eigenvalue weighted by atomic mass is 32.2. The van der Waals surface area contributed by atoms with E-state index < -0.39 is 95.3 Å². The van der Waals surface area contributed by atoms with E-state index in [4.69, 9.17) is 9.47 Å². The summed E-state index contributed by atoms with van der Waals surface area (Å²) < 4.78 is 122. The maximum Gasteiger partial charge on any atom is 0.418 e. The summed E-state index contributed by atoms with van der Waals surface area (Å²) in [5, 5.41) is 77.4. The Hall–Kier alpha value is -7.43. The number of aryl methyl sites for hydroxylation is 1. The molecule has 6 rings (SSSR count). The molecule has 1 aromatic heterocycles. The van der Waals surface area contributed by atoms with E-state index >= 15 is 0 Å². The van der Waals surface area contributed by atoms with Crippen LogP contribution in [-0.4, -0.2) is 93.7 Å². The summed E-state index contributed by atoms with van der Waals surface area (Å²) in [6, 6.07) is 14.3. The Morgan fingerprint density at radius 3 is 1.86 bits per heavy atom. The van der Waals surface area contributed by atoms with Crippen molar-refractivity contribution in [3.05, 3.63) is 95.7 Å². The van der Waals surface area contributed by atoms with Crippen LogP contribution < -0.4 is 9.47 Å². The molecule has 1 heterocycles. The molecule has 0 amide bonds. The third-order valence-electron chi connectivity index (χ3n) is 8.72. The molecule has 7 N–H and O–H groups in total. The molecule has 0 aliphatic rings. The van der Waals surface area contributed by atoms with Crippen LogP contribution in [0.2, 0.25) is 0 Å². The van der Waals surface area contributed by atoms with E-state index in [0.29, 0.717) is 16.3 Å². The van der Waals surface area contributed by atoms with Crippen LogP contribution in [0.3, 0.4) is 0 Å². The number of hydrogen-bond donors (Lipinski definition) is 7. The van der Waals surface area contributed by atoms with Gasteiger partial charge >= 0.3 is 12.1 Å². The number of aliphatic hydroxyl groups is 2. The van der Waals surface area contributed by atoms with Crippen molar-refractivity contribution in [3.8, 4) is 28.8 Å². The van der Waals surface area contributed by atoms with Gasteiger partial charge in [-0.3, -0.25) is 9.11 Å². The molecule has 6 aromatic rings. The van der Waals surface area contributed by atoms with Gasteiger partial charge in [-0.2, -0.15) is 39.8 Å². The monoisotopic (exact) mass is 944 g/mol. The molecule has 0 radical (unpaired) electrons. The van der Waals surface area contributed by atoms with Crippen molar-refractivity contribution in [2.45, 2.75) is 22.9 Å². The highest BCUT2D eigenvalue weighted by molar-refractivity contribution is 7.86. The average Bonchev–Trinajstić information content (AvgIpc) is 3.58. The van der Waals surface area contributed by atoms with Gasteiger partial charge in [0.1, 0.15) is 57.3 Å².